The average Bonchev–Trinajstić information content (AvgIpc) is 3.01. The molecule has 3 heterocycles. The molecule has 1 amide bonds. The number of hydrogen-bond acceptors (Lipinski definition) is 5. The maximum Gasteiger partial charge on any atom is 0.276 e. The van der Waals surface area contributed by atoms with Crippen molar-refractivity contribution in [3.8, 4) is 5.75 Å². The molecule has 168 valence electrons. The van der Waals surface area contributed by atoms with E-state index in [1.165, 1.54) is 17.8 Å². The summed E-state index contributed by atoms with van der Waals surface area (Å²) in [5.41, 5.74) is -1.78. The number of rotatable bonds is 3. The number of amides is 1. The molecule has 1 spiro atoms. The fourth-order valence-corrected chi connectivity index (χ4v) is 5.52. The molecule has 2 aliphatic heterocycles. The number of aryl methyl sites for hydroxylation is 1. The number of aromatic nitrogens is 1. The van der Waals surface area contributed by atoms with E-state index in [0.29, 0.717) is 25.9 Å². The van der Waals surface area contributed by atoms with E-state index in [1.54, 1.807) is 0 Å². The number of halogens is 3. The summed E-state index contributed by atoms with van der Waals surface area (Å²) in [6.45, 7) is 1.28. The van der Waals surface area contributed by atoms with Crippen LogP contribution in [0.1, 0.15) is 35.3 Å². The van der Waals surface area contributed by atoms with Crippen LogP contribution >= 0.6 is 0 Å². The zero-order valence-corrected chi connectivity index (χ0v) is 17.4. The van der Waals surface area contributed by atoms with Crippen molar-refractivity contribution < 1.29 is 31.1 Å². The summed E-state index contributed by atoms with van der Waals surface area (Å²) in [7, 11) is -2.50. The van der Waals surface area contributed by atoms with Crippen LogP contribution in [0.5, 0.6) is 5.75 Å². The molecule has 0 aliphatic carbocycles. The first-order valence-electron chi connectivity index (χ1n) is 9.58. The number of hydrogen-bond donors (Lipinski definition) is 3. The summed E-state index contributed by atoms with van der Waals surface area (Å²) in [6.07, 6.45) is -0.738. The second-order valence-corrected chi connectivity index (χ2v) is 9.35. The van der Waals surface area contributed by atoms with Crippen LogP contribution in [0.25, 0.3) is 0 Å². The largest absolute Gasteiger partial charge is 0.488 e. The van der Waals surface area contributed by atoms with Crippen LogP contribution in [0.4, 0.5) is 18.9 Å². The quantitative estimate of drug-likeness (QED) is 0.654. The Kier molecular flexibility index (Phi) is 5.48. The molecule has 1 fully saturated rings. The van der Waals surface area contributed by atoms with Gasteiger partial charge in [-0.15, -0.1) is 0 Å². The molecular weight excluding hydrogens is 437 g/mol. The fourth-order valence-electron chi connectivity index (χ4n) is 3.88. The summed E-state index contributed by atoms with van der Waals surface area (Å²) in [6, 6.07) is 2.81. The fraction of sp³-hybridized carbons (Fsp3) is 0.421. The number of benzene rings is 1. The number of ether oxygens (including phenoxy) is 1. The van der Waals surface area contributed by atoms with Crippen molar-refractivity contribution >= 4 is 21.6 Å². The first kappa shape index (κ1) is 21.7. The third-order valence-corrected chi connectivity index (χ3v) is 7.07. The van der Waals surface area contributed by atoms with Gasteiger partial charge in [-0.05, 0) is 44.1 Å². The third-order valence-electron chi connectivity index (χ3n) is 5.50. The van der Waals surface area contributed by atoms with Crippen molar-refractivity contribution in [1.29, 1.82) is 0 Å². The molecule has 2 aliphatic rings. The minimum Gasteiger partial charge on any atom is -0.488 e. The van der Waals surface area contributed by atoms with Crippen LogP contribution in [0.15, 0.2) is 29.3 Å². The van der Waals surface area contributed by atoms with Crippen molar-refractivity contribution in [1.82, 2.24) is 14.6 Å². The van der Waals surface area contributed by atoms with Gasteiger partial charge in [-0.1, -0.05) is 0 Å². The van der Waals surface area contributed by atoms with Gasteiger partial charge in [-0.3, -0.25) is 4.79 Å². The van der Waals surface area contributed by atoms with Gasteiger partial charge in [0.15, 0.2) is 11.4 Å². The van der Waals surface area contributed by atoms with E-state index < -0.39 is 39.3 Å². The van der Waals surface area contributed by atoms with Gasteiger partial charge < -0.3 is 19.9 Å². The smallest absolute Gasteiger partial charge is 0.276 e. The summed E-state index contributed by atoms with van der Waals surface area (Å²) in [4.78, 5) is 12.7. The Morgan fingerprint density at radius 2 is 2.00 bits per heavy atom. The number of fused-ring (bicyclic) bond motifs is 1. The van der Waals surface area contributed by atoms with Crippen molar-refractivity contribution in [3.63, 3.8) is 0 Å². The summed E-state index contributed by atoms with van der Waals surface area (Å²) < 4.78 is 75.3. The molecule has 31 heavy (non-hydrogen) atoms. The summed E-state index contributed by atoms with van der Waals surface area (Å²) in [5, 5.41) is 5.57. The molecule has 1 saturated heterocycles. The zero-order valence-electron chi connectivity index (χ0n) is 16.5. The molecule has 1 aromatic carbocycles. The van der Waals surface area contributed by atoms with E-state index in [4.69, 9.17) is 4.74 Å². The Morgan fingerprint density at radius 1 is 1.29 bits per heavy atom. The second kappa shape index (κ2) is 7.84. The number of nitrogens with one attached hydrogen (secondary N) is 3. The van der Waals surface area contributed by atoms with E-state index in [1.807, 2.05) is 0 Å². The Hall–Kier alpha value is -2.57. The number of nitrogens with zero attached hydrogens (tertiary/aromatic N) is 1. The number of sulfonamides is 1. The Bertz CT molecular complexity index is 1130. The SMILES string of the molecule is Cn1cc2c(c1C(=O)Nc1ccc(F)c(C(F)F)c1)OCC1(CCNCC1)NS2(=O)=O. The van der Waals surface area contributed by atoms with Gasteiger partial charge in [0.25, 0.3) is 12.3 Å². The third kappa shape index (κ3) is 4.02. The van der Waals surface area contributed by atoms with Gasteiger partial charge >= 0.3 is 0 Å². The zero-order chi connectivity index (χ0) is 22.4. The van der Waals surface area contributed by atoms with Crippen molar-refractivity contribution in [3.05, 3.63) is 41.5 Å². The molecule has 8 nitrogen and oxygen atoms in total. The van der Waals surface area contributed by atoms with Gasteiger partial charge in [0, 0.05) is 18.9 Å². The highest BCUT2D eigenvalue weighted by Crippen LogP contribution is 2.36. The number of carbonyl (C=O) groups excluding carboxylic acids is 1. The topological polar surface area (TPSA) is 101 Å². The lowest BCUT2D eigenvalue weighted by Crippen LogP contribution is -2.56. The van der Waals surface area contributed by atoms with Gasteiger partial charge in [0.2, 0.25) is 10.0 Å². The Labute approximate surface area is 176 Å². The molecule has 2 aromatic rings. The van der Waals surface area contributed by atoms with Gasteiger partial charge in [0.05, 0.1) is 11.1 Å². The maximum absolute atomic E-state index is 13.5. The lowest BCUT2D eigenvalue weighted by atomic mass is 9.90. The van der Waals surface area contributed by atoms with Gasteiger partial charge in [0.1, 0.15) is 17.3 Å². The van der Waals surface area contributed by atoms with Gasteiger partial charge in [-0.2, -0.15) is 0 Å². The molecule has 12 heteroatoms. The van der Waals surface area contributed by atoms with Crippen molar-refractivity contribution in [2.45, 2.75) is 29.7 Å². The molecule has 0 unspecified atom stereocenters. The van der Waals surface area contributed by atoms with Gasteiger partial charge in [-0.25, -0.2) is 26.3 Å². The van der Waals surface area contributed by atoms with Crippen LogP contribution < -0.4 is 20.1 Å². The lowest BCUT2D eigenvalue weighted by molar-refractivity contribution is 0.101. The highest BCUT2D eigenvalue weighted by molar-refractivity contribution is 7.89. The minimum absolute atomic E-state index is 0.0390. The van der Waals surface area contributed by atoms with E-state index in [0.717, 1.165) is 18.2 Å². The standard InChI is InChI=1S/C19H21F3N4O4S/c1-26-9-14-16(30-10-19(25-31(14,28)29)4-6-23-7-5-19)15(26)18(27)24-11-2-3-13(20)12(8-11)17(21)22/h2-3,8-9,17,23,25H,4-7,10H2,1H3,(H,24,27). The molecule has 0 bridgehead atoms. The molecule has 1 aromatic heterocycles. The average molecular weight is 458 g/mol. The first-order valence-corrected chi connectivity index (χ1v) is 11.1. The van der Waals surface area contributed by atoms with Crippen LogP contribution in [-0.2, 0) is 17.1 Å². The van der Waals surface area contributed by atoms with Crippen LogP contribution in [-0.4, -0.2) is 44.1 Å². The van der Waals surface area contributed by atoms with E-state index >= 15 is 0 Å². The summed E-state index contributed by atoms with van der Waals surface area (Å²) in [5.74, 6) is -1.97. The summed E-state index contributed by atoms with van der Waals surface area (Å²) >= 11 is 0. The van der Waals surface area contributed by atoms with E-state index in [-0.39, 0.29) is 28.6 Å². The normalized spacial score (nSPS) is 19.5. The van der Waals surface area contributed by atoms with E-state index in [2.05, 4.69) is 15.4 Å². The molecule has 0 radical (unpaired) electrons. The molecular formula is C19H21F3N4O4S. The lowest BCUT2D eigenvalue weighted by Gasteiger charge is -2.35. The highest BCUT2D eigenvalue weighted by atomic mass is 32.2. The Balaban J connectivity index is 1.67. The first-order chi connectivity index (χ1) is 14.6. The number of carbonyl (C=O) groups is 1. The van der Waals surface area contributed by atoms with Crippen molar-refractivity contribution in [2.75, 3.05) is 25.0 Å². The molecule has 0 atom stereocenters. The predicted octanol–water partition coefficient (Wildman–Crippen LogP) is 2.15. The van der Waals surface area contributed by atoms with Crippen LogP contribution in [0, 0.1) is 5.82 Å². The Morgan fingerprint density at radius 3 is 2.68 bits per heavy atom. The highest BCUT2D eigenvalue weighted by Gasteiger charge is 2.43. The molecule has 4 rings (SSSR count). The van der Waals surface area contributed by atoms with Crippen LogP contribution in [0.2, 0.25) is 0 Å². The van der Waals surface area contributed by atoms with Crippen molar-refractivity contribution in [2.24, 2.45) is 7.05 Å². The number of anilines is 1. The molecule has 3 N–H and O–H groups in total. The predicted molar refractivity (Wildman–Crippen MR) is 105 cm³/mol. The minimum atomic E-state index is -3.97. The number of piperidine rings is 1. The second-order valence-electron chi connectivity index (χ2n) is 7.70. The monoisotopic (exact) mass is 458 g/mol. The molecule has 0 saturated carbocycles. The number of alkyl halides is 2. The van der Waals surface area contributed by atoms with E-state index in [9.17, 15) is 26.4 Å². The maximum atomic E-state index is 13.5. The van der Waals surface area contributed by atoms with Crippen LogP contribution in [0.3, 0.4) is 0 Å².